The van der Waals surface area contributed by atoms with Gasteiger partial charge in [0.1, 0.15) is 0 Å². The highest BCUT2D eigenvalue weighted by molar-refractivity contribution is 5.94. The van der Waals surface area contributed by atoms with Crippen LogP contribution in [0, 0.1) is 17.5 Å². The minimum atomic E-state index is -1.65. The lowest BCUT2D eigenvalue weighted by Gasteiger charge is -2.35. The highest BCUT2D eigenvalue weighted by atomic mass is 19.2. The molecule has 0 aromatic heterocycles. The van der Waals surface area contributed by atoms with Gasteiger partial charge in [-0.15, -0.1) is 0 Å². The molecule has 3 rings (SSSR count). The number of halogens is 3. The molecule has 0 radical (unpaired) electrons. The van der Waals surface area contributed by atoms with Gasteiger partial charge >= 0.3 is 6.03 Å². The number of carbonyl (C=O) groups excluding carboxylic acids is 2. The van der Waals surface area contributed by atoms with Crippen LogP contribution < -0.4 is 5.32 Å². The number of piperazine rings is 1. The summed E-state index contributed by atoms with van der Waals surface area (Å²) in [4.78, 5) is 27.5. The lowest BCUT2D eigenvalue weighted by Crippen LogP contribution is -2.54. The lowest BCUT2D eigenvalue weighted by atomic mass is 10.1. The number of hydrogen-bond acceptors (Lipinski definition) is 2. The van der Waals surface area contributed by atoms with Gasteiger partial charge in [0.15, 0.2) is 17.5 Å². The third kappa shape index (κ3) is 3.72. The summed E-state index contributed by atoms with van der Waals surface area (Å²) in [5.41, 5.74) is -0.497. The highest BCUT2D eigenvalue weighted by Gasteiger charge is 2.29. The van der Waals surface area contributed by atoms with Crippen molar-refractivity contribution in [2.45, 2.75) is 31.7 Å². The Hall–Kier alpha value is -2.25. The Kier molecular flexibility index (Phi) is 5.15. The summed E-state index contributed by atoms with van der Waals surface area (Å²) in [6, 6.07) is 1.73. The van der Waals surface area contributed by atoms with E-state index in [0.29, 0.717) is 13.1 Å². The van der Waals surface area contributed by atoms with Crippen LogP contribution in [0.3, 0.4) is 0 Å². The molecule has 1 aromatic rings. The first-order valence-corrected chi connectivity index (χ1v) is 8.45. The van der Waals surface area contributed by atoms with Crippen LogP contribution in [0.25, 0.3) is 0 Å². The van der Waals surface area contributed by atoms with Gasteiger partial charge in [-0.05, 0) is 25.0 Å². The third-order valence-electron chi connectivity index (χ3n) is 4.80. The molecule has 2 aliphatic rings. The molecule has 2 fully saturated rings. The quantitative estimate of drug-likeness (QED) is 0.829. The Morgan fingerprint density at radius 2 is 1.52 bits per heavy atom. The van der Waals surface area contributed by atoms with Gasteiger partial charge in [0.25, 0.3) is 5.91 Å². The first-order valence-electron chi connectivity index (χ1n) is 8.45. The Bertz CT molecular complexity index is 669. The fraction of sp³-hybridized carbons (Fsp3) is 0.529. The molecule has 1 aromatic carbocycles. The molecule has 0 atom stereocenters. The molecule has 0 bridgehead atoms. The number of urea groups is 1. The van der Waals surface area contributed by atoms with Crippen molar-refractivity contribution in [3.05, 3.63) is 35.1 Å². The minimum Gasteiger partial charge on any atom is -0.335 e. The summed E-state index contributed by atoms with van der Waals surface area (Å²) in [7, 11) is 0. The van der Waals surface area contributed by atoms with E-state index < -0.39 is 28.9 Å². The summed E-state index contributed by atoms with van der Waals surface area (Å²) >= 11 is 0. The molecule has 0 spiro atoms. The summed E-state index contributed by atoms with van der Waals surface area (Å²) in [5, 5.41) is 2.98. The summed E-state index contributed by atoms with van der Waals surface area (Å²) in [6.07, 6.45) is 4.21. The molecule has 1 saturated heterocycles. The topological polar surface area (TPSA) is 52.7 Å². The van der Waals surface area contributed by atoms with E-state index in [9.17, 15) is 22.8 Å². The van der Waals surface area contributed by atoms with Gasteiger partial charge < -0.3 is 15.1 Å². The molecule has 5 nitrogen and oxygen atoms in total. The van der Waals surface area contributed by atoms with Crippen LogP contribution >= 0.6 is 0 Å². The maximum absolute atomic E-state index is 13.8. The number of amides is 3. The number of nitrogens with one attached hydrogen (secondary N) is 1. The standard InChI is InChI=1S/C17H20F3N3O2/c18-13-6-5-12(14(19)15(13)20)16(24)22-7-9-23(10-8-22)17(25)21-11-3-1-2-4-11/h5-6,11H,1-4,7-10H2,(H,21,25). The second kappa shape index (κ2) is 7.33. The first-order chi connectivity index (χ1) is 12.0. The molecule has 1 aliphatic carbocycles. The average Bonchev–Trinajstić information content (AvgIpc) is 3.12. The second-order valence-corrected chi connectivity index (χ2v) is 6.43. The zero-order chi connectivity index (χ0) is 18.0. The maximum atomic E-state index is 13.8. The largest absolute Gasteiger partial charge is 0.335 e. The van der Waals surface area contributed by atoms with E-state index in [1.54, 1.807) is 4.90 Å². The van der Waals surface area contributed by atoms with E-state index in [2.05, 4.69) is 5.32 Å². The van der Waals surface area contributed by atoms with Crippen molar-refractivity contribution in [3.63, 3.8) is 0 Å². The molecule has 1 saturated carbocycles. The molecule has 0 unspecified atom stereocenters. The zero-order valence-electron chi connectivity index (χ0n) is 13.7. The number of nitrogens with zero attached hydrogens (tertiary/aromatic N) is 2. The van der Waals surface area contributed by atoms with Crippen molar-refractivity contribution in [2.75, 3.05) is 26.2 Å². The Morgan fingerprint density at radius 3 is 2.16 bits per heavy atom. The van der Waals surface area contributed by atoms with Crippen LogP contribution in [0.2, 0.25) is 0 Å². The number of carbonyl (C=O) groups is 2. The molecule has 3 amide bonds. The average molecular weight is 355 g/mol. The minimum absolute atomic E-state index is 0.155. The number of hydrogen-bond donors (Lipinski definition) is 1. The van der Waals surface area contributed by atoms with Crippen LogP contribution in [-0.2, 0) is 0 Å². The predicted molar refractivity (Wildman–Crippen MR) is 84.6 cm³/mol. The highest BCUT2D eigenvalue weighted by Crippen LogP contribution is 2.19. The van der Waals surface area contributed by atoms with Crippen molar-refractivity contribution in [2.24, 2.45) is 0 Å². The van der Waals surface area contributed by atoms with Gasteiger partial charge in [-0.1, -0.05) is 12.8 Å². The summed E-state index contributed by atoms with van der Waals surface area (Å²) in [6.45, 7) is 1.07. The smallest absolute Gasteiger partial charge is 0.317 e. The van der Waals surface area contributed by atoms with Crippen LogP contribution in [0.15, 0.2) is 12.1 Å². The maximum Gasteiger partial charge on any atom is 0.317 e. The van der Waals surface area contributed by atoms with Crippen molar-refractivity contribution in [1.29, 1.82) is 0 Å². The van der Waals surface area contributed by atoms with Gasteiger partial charge in [0.05, 0.1) is 5.56 Å². The van der Waals surface area contributed by atoms with E-state index in [-0.39, 0.29) is 25.2 Å². The second-order valence-electron chi connectivity index (χ2n) is 6.43. The fourth-order valence-corrected chi connectivity index (χ4v) is 3.31. The van der Waals surface area contributed by atoms with Gasteiger partial charge in [-0.3, -0.25) is 4.79 Å². The molecule has 1 heterocycles. The van der Waals surface area contributed by atoms with Gasteiger partial charge in [0, 0.05) is 32.2 Å². The van der Waals surface area contributed by atoms with E-state index in [1.165, 1.54) is 4.90 Å². The van der Waals surface area contributed by atoms with E-state index in [4.69, 9.17) is 0 Å². The molecule has 1 aliphatic heterocycles. The van der Waals surface area contributed by atoms with Gasteiger partial charge in [-0.2, -0.15) is 0 Å². The van der Waals surface area contributed by atoms with E-state index in [0.717, 1.165) is 37.8 Å². The van der Waals surface area contributed by atoms with Crippen molar-refractivity contribution >= 4 is 11.9 Å². The molecular weight excluding hydrogens is 335 g/mol. The van der Waals surface area contributed by atoms with Crippen LogP contribution in [-0.4, -0.2) is 54.0 Å². The van der Waals surface area contributed by atoms with Gasteiger partial charge in [-0.25, -0.2) is 18.0 Å². The first kappa shape index (κ1) is 17.6. The predicted octanol–water partition coefficient (Wildman–Crippen LogP) is 2.51. The van der Waals surface area contributed by atoms with Crippen molar-refractivity contribution < 1.29 is 22.8 Å². The Labute approximate surface area is 143 Å². The van der Waals surface area contributed by atoms with Crippen LogP contribution in [0.1, 0.15) is 36.0 Å². The van der Waals surface area contributed by atoms with Crippen molar-refractivity contribution in [3.8, 4) is 0 Å². The van der Waals surface area contributed by atoms with Gasteiger partial charge in [0.2, 0.25) is 0 Å². The molecule has 8 heteroatoms. The summed E-state index contributed by atoms with van der Waals surface area (Å²) in [5.74, 6) is -5.17. The Morgan fingerprint density at radius 1 is 0.920 bits per heavy atom. The van der Waals surface area contributed by atoms with Crippen molar-refractivity contribution in [1.82, 2.24) is 15.1 Å². The lowest BCUT2D eigenvalue weighted by molar-refractivity contribution is 0.0657. The third-order valence-corrected chi connectivity index (χ3v) is 4.80. The number of rotatable bonds is 2. The fourth-order valence-electron chi connectivity index (χ4n) is 3.31. The molecular formula is C17H20F3N3O2. The number of benzene rings is 1. The summed E-state index contributed by atoms with van der Waals surface area (Å²) < 4.78 is 40.0. The normalized spacial score (nSPS) is 18.5. The Balaban J connectivity index is 1.57. The van der Waals surface area contributed by atoms with E-state index in [1.807, 2.05) is 0 Å². The molecule has 25 heavy (non-hydrogen) atoms. The zero-order valence-corrected chi connectivity index (χ0v) is 13.7. The monoisotopic (exact) mass is 355 g/mol. The van der Waals surface area contributed by atoms with E-state index >= 15 is 0 Å². The van der Waals surface area contributed by atoms with Crippen LogP contribution in [0.4, 0.5) is 18.0 Å². The van der Waals surface area contributed by atoms with Crippen LogP contribution in [0.5, 0.6) is 0 Å². The molecule has 1 N–H and O–H groups in total. The SMILES string of the molecule is O=C(NC1CCCC1)N1CCN(C(=O)c2ccc(F)c(F)c2F)CC1. The molecule has 136 valence electrons.